The average molecular weight is 367 g/mol. The van der Waals surface area contributed by atoms with E-state index in [1.54, 1.807) is 18.2 Å². The summed E-state index contributed by atoms with van der Waals surface area (Å²) in [6, 6.07) is 6.48. The molecular weight excluding hydrogens is 348 g/mol. The maximum absolute atomic E-state index is 12.0. The summed E-state index contributed by atoms with van der Waals surface area (Å²) in [6.45, 7) is 0.0771. The number of hydrogen-bond acceptors (Lipinski definition) is 5. The predicted octanol–water partition coefficient (Wildman–Crippen LogP) is 1.72. The molecule has 1 aromatic rings. The van der Waals surface area contributed by atoms with Gasteiger partial charge in [0.25, 0.3) is 0 Å². The van der Waals surface area contributed by atoms with Gasteiger partial charge in [-0.15, -0.1) is 0 Å². The second-order valence-corrected chi connectivity index (χ2v) is 5.82. The van der Waals surface area contributed by atoms with Gasteiger partial charge >= 0.3 is 5.97 Å². The van der Waals surface area contributed by atoms with Gasteiger partial charge in [-0.25, -0.2) is 4.79 Å². The summed E-state index contributed by atoms with van der Waals surface area (Å²) >= 11 is 5.84. The molecule has 2 unspecified atom stereocenters. The minimum atomic E-state index is -0.492. The van der Waals surface area contributed by atoms with Crippen molar-refractivity contribution in [3.8, 4) is 0 Å². The SMILES string of the molecule is CNC(=O)/C=C\N(C=O)C1CCC(COC(=O)c2cccc(Cl)c2)O1. The van der Waals surface area contributed by atoms with Crippen molar-refractivity contribution in [2.75, 3.05) is 13.7 Å². The zero-order chi connectivity index (χ0) is 18.2. The van der Waals surface area contributed by atoms with Gasteiger partial charge in [0.05, 0.1) is 11.7 Å². The fourth-order valence-corrected chi connectivity index (χ4v) is 2.52. The molecule has 25 heavy (non-hydrogen) atoms. The molecule has 0 bridgehead atoms. The summed E-state index contributed by atoms with van der Waals surface area (Å²) in [7, 11) is 1.49. The summed E-state index contributed by atoms with van der Waals surface area (Å²) in [5.41, 5.74) is 0.366. The molecule has 8 heteroatoms. The molecule has 1 aliphatic heterocycles. The van der Waals surface area contributed by atoms with Crippen LogP contribution in [0.5, 0.6) is 0 Å². The number of nitrogens with zero attached hydrogens (tertiary/aromatic N) is 1. The number of ether oxygens (including phenoxy) is 2. The first-order valence-corrected chi connectivity index (χ1v) is 8.12. The first kappa shape index (κ1) is 19.0. The molecule has 0 aliphatic carbocycles. The van der Waals surface area contributed by atoms with E-state index in [9.17, 15) is 14.4 Å². The standard InChI is InChI=1S/C17H19ClN2O5/c1-19-15(22)7-8-20(11-21)16-6-5-14(25-16)10-24-17(23)12-3-2-4-13(18)9-12/h2-4,7-9,11,14,16H,5-6,10H2,1H3,(H,19,22)/b8-7-. The highest BCUT2D eigenvalue weighted by Gasteiger charge is 2.29. The fourth-order valence-electron chi connectivity index (χ4n) is 2.33. The number of carbonyl (C=O) groups is 3. The zero-order valence-corrected chi connectivity index (χ0v) is 14.4. The van der Waals surface area contributed by atoms with Gasteiger partial charge in [-0.1, -0.05) is 17.7 Å². The lowest BCUT2D eigenvalue weighted by Crippen LogP contribution is -2.31. The zero-order valence-electron chi connectivity index (χ0n) is 13.7. The highest BCUT2D eigenvalue weighted by atomic mass is 35.5. The lowest BCUT2D eigenvalue weighted by Gasteiger charge is -2.21. The minimum Gasteiger partial charge on any atom is -0.459 e. The number of benzene rings is 1. The molecule has 2 amide bonds. The molecule has 1 aromatic carbocycles. The molecule has 1 N–H and O–H groups in total. The van der Waals surface area contributed by atoms with Gasteiger partial charge in [0.1, 0.15) is 12.8 Å². The van der Waals surface area contributed by atoms with E-state index in [1.165, 1.54) is 30.3 Å². The molecule has 0 aromatic heterocycles. The van der Waals surface area contributed by atoms with Crippen LogP contribution in [-0.2, 0) is 19.1 Å². The van der Waals surface area contributed by atoms with Gasteiger partial charge in [-0.3, -0.25) is 14.5 Å². The van der Waals surface area contributed by atoms with E-state index < -0.39 is 12.2 Å². The van der Waals surface area contributed by atoms with Gasteiger partial charge < -0.3 is 14.8 Å². The Morgan fingerprint density at radius 2 is 2.24 bits per heavy atom. The summed E-state index contributed by atoms with van der Waals surface area (Å²) in [5.74, 6) is -0.807. The molecule has 0 radical (unpaired) electrons. The van der Waals surface area contributed by atoms with E-state index in [4.69, 9.17) is 21.1 Å². The number of esters is 1. The normalized spacial score (nSPS) is 19.6. The predicted molar refractivity (Wildman–Crippen MR) is 90.7 cm³/mol. The maximum Gasteiger partial charge on any atom is 0.338 e. The lowest BCUT2D eigenvalue weighted by molar-refractivity contribution is -0.127. The Labute approximate surface area is 150 Å². The van der Waals surface area contributed by atoms with Gasteiger partial charge in [0, 0.05) is 24.3 Å². The Bertz CT molecular complexity index is 664. The van der Waals surface area contributed by atoms with Crippen LogP contribution in [0.25, 0.3) is 0 Å². The van der Waals surface area contributed by atoms with E-state index in [0.29, 0.717) is 29.8 Å². The molecule has 1 aliphatic rings. The summed E-state index contributed by atoms with van der Waals surface area (Å²) in [4.78, 5) is 35.6. The van der Waals surface area contributed by atoms with Crippen molar-refractivity contribution >= 4 is 29.9 Å². The Hall–Kier alpha value is -2.38. The first-order valence-electron chi connectivity index (χ1n) is 7.74. The maximum atomic E-state index is 12.0. The molecule has 0 saturated carbocycles. The number of amides is 2. The van der Waals surface area contributed by atoms with Crippen LogP contribution in [0.1, 0.15) is 23.2 Å². The fraction of sp³-hybridized carbons (Fsp3) is 0.353. The third-order valence-corrected chi connectivity index (χ3v) is 3.88. The first-order chi connectivity index (χ1) is 12.0. The molecule has 134 valence electrons. The second kappa shape index (κ2) is 9.19. The monoisotopic (exact) mass is 366 g/mol. The highest BCUT2D eigenvalue weighted by molar-refractivity contribution is 6.30. The van der Waals surface area contributed by atoms with E-state index >= 15 is 0 Å². The van der Waals surface area contributed by atoms with Gasteiger partial charge in [0.15, 0.2) is 0 Å². The summed E-state index contributed by atoms with van der Waals surface area (Å²) in [6.07, 6.45) is 3.59. The largest absolute Gasteiger partial charge is 0.459 e. The summed E-state index contributed by atoms with van der Waals surface area (Å²) in [5, 5.41) is 2.87. The van der Waals surface area contributed by atoms with Crippen molar-refractivity contribution in [2.24, 2.45) is 0 Å². The Kier molecular flexibility index (Phi) is 6.97. The van der Waals surface area contributed by atoms with Crippen molar-refractivity contribution in [2.45, 2.75) is 25.2 Å². The number of hydrogen-bond donors (Lipinski definition) is 1. The van der Waals surface area contributed by atoms with Crippen molar-refractivity contribution in [3.05, 3.63) is 47.1 Å². The molecule has 2 atom stereocenters. The number of halogens is 1. The number of likely N-dealkylation sites (N-methyl/N-ethyl adjacent to an activating group) is 1. The van der Waals surface area contributed by atoms with Gasteiger partial charge in [-0.2, -0.15) is 0 Å². The Morgan fingerprint density at radius 3 is 2.92 bits per heavy atom. The van der Waals surface area contributed by atoms with Crippen molar-refractivity contribution in [1.29, 1.82) is 0 Å². The third kappa shape index (κ3) is 5.58. The van der Waals surface area contributed by atoms with Crippen LogP contribution in [-0.4, -0.2) is 49.2 Å². The van der Waals surface area contributed by atoms with Crippen LogP contribution in [0, 0.1) is 0 Å². The number of nitrogens with one attached hydrogen (secondary N) is 1. The third-order valence-electron chi connectivity index (χ3n) is 3.64. The smallest absolute Gasteiger partial charge is 0.338 e. The Morgan fingerprint density at radius 1 is 1.44 bits per heavy atom. The molecular formula is C17H19ClN2O5. The molecule has 1 fully saturated rings. The summed E-state index contributed by atoms with van der Waals surface area (Å²) < 4.78 is 10.9. The van der Waals surface area contributed by atoms with E-state index in [2.05, 4.69) is 5.32 Å². The van der Waals surface area contributed by atoms with Gasteiger partial charge in [0.2, 0.25) is 12.3 Å². The molecule has 0 spiro atoms. The molecule has 1 heterocycles. The second-order valence-electron chi connectivity index (χ2n) is 5.38. The molecule has 7 nitrogen and oxygen atoms in total. The number of rotatable bonds is 7. The van der Waals surface area contributed by atoms with Crippen LogP contribution in [0.3, 0.4) is 0 Å². The Balaban J connectivity index is 1.83. The minimum absolute atomic E-state index is 0.0771. The van der Waals surface area contributed by atoms with Crippen LogP contribution in [0.2, 0.25) is 5.02 Å². The van der Waals surface area contributed by atoms with Crippen molar-refractivity contribution in [3.63, 3.8) is 0 Å². The van der Waals surface area contributed by atoms with Crippen LogP contribution in [0.15, 0.2) is 36.5 Å². The van der Waals surface area contributed by atoms with Crippen molar-refractivity contribution in [1.82, 2.24) is 10.2 Å². The van der Waals surface area contributed by atoms with E-state index in [1.807, 2.05) is 0 Å². The number of carbonyl (C=O) groups excluding carboxylic acids is 3. The lowest BCUT2D eigenvalue weighted by atomic mass is 10.2. The van der Waals surface area contributed by atoms with Crippen LogP contribution in [0.4, 0.5) is 0 Å². The average Bonchev–Trinajstić information content (AvgIpc) is 3.08. The van der Waals surface area contributed by atoms with Crippen molar-refractivity contribution < 1.29 is 23.9 Å². The van der Waals surface area contributed by atoms with E-state index in [-0.39, 0.29) is 18.6 Å². The van der Waals surface area contributed by atoms with Crippen LogP contribution >= 0.6 is 11.6 Å². The molecule has 2 rings (SSSR count). The van der Waals surface area contributed by atoms with E-state index in [0.717, 1.165) is 0 Å². The van der Waals surface area contributed by atoms with Gasteiger partial charge in [-0.05, 0) is 31.0 Å². The van der Waals surface area contributed by atoms with Crippen LogP contribution < -0.4 is 5.32 Å². The quantitative estimate of drug-likeness (QED) is 0.451. The topological polar surface area (TPSA) is 84.9 Å². The molecule has 1 saturated heterocycles. The highest BCUT2D eigenvalue weighted by Crippen LogP contribution is 2.23.